The van der Waals surface area contributed by atoms with Crippen molar-refractivity contribution in [1.29, 1.82) is 0 Å². The van der Waals surface area contributed by atoms with E-state index < -0.39 is 0 Å². The van der Waals surface area contributed by atoms with Gasteiger partial charge in [-0.25, -0.2) is 0 Å². The Bertz CT molecular complexity index is 407. The highest BCUT2D eigenvalue weighted by atomic mass is 32.1. The molecule has 0 fully saturated rings. The molecule has 0 heterocycles. The number of carbonyl (C=O) groups excluding carboxylic acids is 1. The van der Waals surface area contributed by atoms with E-state index in [1.165, 1.54) is 0 Å². The van der Waals surface area contributed by atoms with E-state index in [0.29, 0.717) is 18.0 Å². The Hall–Kier alpha value is -1.62. The van der Waals surface area contributed by atoms with Crippen molar-refractivity contribution in [2.75, 3.05) is 6.54 Å². The molecule has 0 aliphatic heterocycles. The third-order valence-corrected chi connectivity index (χ3v) is 2.40. The Morgan fingerprint density at radius 3 is 2.88 bits per heavy atom. The van der Waals surface area contributed by atoms with E-state index in [2.05, 4.69) is 5.32 Å². The lowest BCUT2D eigenvalue weighted by Crippen LogP contribution is -2.26. The number of rotatable bonds is 6. The van der Waals surface area contributed by atoms with Crippen LogP contribution in [0.25, 0.3) is 0 Å². The second-order valence-electron chi connectivity index (χ2n) is 3.77. The number of carbonyl (C=O) groups is 1. The lowest BCUT2D eigenvalue weighted by molar-refractivity contribution is -0.120. The maximum Gasteiger partial charge on any atom is 0.224 e. The standard InChI is InChI=1S/C12H16N2O2S/c13-11(17)5-2-6-14-12(16)8-9-3-1-4-10(15)7-9/h1,3-4,7,15H,2,5-6,8H2,(H2,13,17)(H,14,16). The molecule has 0 aliphatic rings. The smallest absolute Gasteiger partial charge is 0.224 e. The van der Waals surface area contributed by atoms with E-state index in [0.717, 1.165) is 12.0 Å². The maximum absolute atomic E-state index is 11.5. The van der Waals surface area contributed by atoms with E-state index in [9.17, 15) is 9.90 Å². The van der Waals surface area contributed by atoms with Crippen molar-refractivity contribution in [3.8, 4) is 5.75 Å². The lowest BCUT2D eigenvalue weighted by atomic mass is 10.1. The van der Waals surface area contributed by atoms with Crippen molar-refractivity contribution < 1.29 is 9.90 Å². The molecule has 1 aromatic rings. The van der Waals surface area contributed by atoms with Gasteiger partial charge in [-0.3, -0.25) is 4.79 Å². The first-order chi connectivity index (χ1) is 8.08. The van der Waals surface area contributed by atoms with Gasteiger partial charge in [-0.1, -0.05) is 24.4 Å². The van der Waals surface area contributed by atoms with Crippen LogP contribution in [0.4, 0.5) is 0 Å². The number of amides is 1. The van der Waals surface area contributed by atoms with Gasteiger partial charge in [0, 0.05) is 6.54 Å². The van der Waals surface area contributed by atoms with Gasteiger partial charge in [0.05, 0.1) is 11.4 Å². The number of nitrogens with one attached hydrogen (secondary N) is 1. The molecule has 1 rings (SSSR count). The van der Waals surface area contributed by atoms with Crippen LogP contribution in [0.3, 0.4) is 0 Å². The Labute approximate surface area is 106 Å². The van der Waals surface area contributed by atoms with E-state index in [-0.39, 0.29) is 18.1 Å². The summed E-state index contributed by atoms with van der Waals surface area (Å²) in [5.74, 6) is 0.0994. The highest BCUT2D eigenvalue weighted by Crippen LogP contribution is 2.11. The zero-order valence-corrected chi connectivity index (χ0v) is 10.3. The van der Waals surface area contributed by atoms with Gasteiger partial charge in [-0.2, -0.15) is 0 Å². The molecule has 0 radical (unpaired) electrons. The largest absolute Gasteiger partial charge is 0.508 e. The molecule has 1 aromatic carbocycles. The van der Waals surface area contributed by atoms with Crippen LogP contribution < -0.4 is 11.1 Å². The topological polar surface area (TPSA) is 75.3 Å². The maximum atomic E-state index is 11.5. The minimum atomic E-state index is -0.0708. The first-order valence-corrected chi connectivity index (χ1v) is 5.81. The first-order valence-electron chi connectivity index (χ1n) is 5.41. The lowest BCUT2D eigenvalue weighted by Gasteiger charge is -2.05. The zero-order valence-electron chi connectivity index (χ0n) is 9.48. The summed E-state index contributed by atoms with van der Waals surface area (Å²) in [7, 11) is 0. The minimum Gasteiger partial charge on any atom is -0.508 e. The summed E-state index contributed by atoms with van der Waals surface area (Å²) in [5.41, 5.74) is 6.13. The summed E-state index contributed by atoms with van der Waals surface area (Å²) in [6.45, 7) is 0.564. The average molecular weight is 252 g/mol. The molecule has 0 atom stereocenters. The fourth-order valence-electron chi connectivity index (χ4n) is 1.40. The van der Waals surface area contributed by atoms with Crippen LogP contribution in [-0.2, 0) is 11.2 Å². The second-order valence-corrected chi connectivity index (χ2v) is 4.29. The van der Waals surface area contributed by atoms with Crippen molar-refractivity contribution in [1.82, 2.24) is 5.32 Å². The van der Waals surface area contributed by atoms with Crippen LogP contribution in [0.1, 0.15) is 18.4 Å². The summed E-state index contributed by atoms with van der Waals surface area (Å²) in [5, 5.41) is 12.0. The molecule has 4 nitrogen and oxygen atoms in total. The monoisotopic (exact) mass is 252 g/mol. The van der Waals surface area contributed by atoms with Crippen LogP contribution >= 0.6 is 12.2 Å². The molecule has 0 aliphatic carbocycles. The quantitative estimate of drug-likeness (QED) is 0.524. The number of phenolic OH excluding ortho intramolecular Hbond substituents is 1. The zero-order chi connectivity index (χ0) is 12.7. The van der Waals surface area contributed by atoms with E-state index in [1.807, 2.05) is 0 Å². The van der Waals surface area contributed by atoms with Crippen LogP contribution in [0, 0.1) is 0 Å². The second kappa shape index (κ2) is 6.85. The highest BCUT2D eigenvalue weighted by molar-refractivity contribution is 7.80. The number of nitrogens with two attached hydrogens (primary N) is 1. The molecule has 17 heavy (non-hydrogen) atoms. The van der Waals surface area contributed by atoms with Crippen molar-refractivity contribution in [3.63, 3.8) is 0 Å². The number of benzene rings is 1. The Balaban J connectivity index is 2.27. The number of thiocarbonyl (C=S) groups is 1. The Morgan fingerprint density at radius 1 is 1.47 bits per heavy atom. The normalized spacial score (nSPS) is 9.88. The van der Waals surface area contributed by atoms with Crippen molar-refractivity contribution in [2.24, 2.45) is 5.73 Å². The molecule has 0 saturated heterocycles. The molecule has 0 unspecified atom stereocenters. The summed E-state index contributed by atoms with van der Waals surface area (Å²) in [4.78, 5) is 12.0. The van der Waals surface area contributed by atoms with Gasteiger partial charge in [0.15, 0.2) is 0 Å². The molecule has 0 spiro atoms. The predicted octanol–water partition coefficient (Wildman–Crippen LogP) is 1.12. The summed E-state index contributed by atoms with van der Waals surface area (Å²) < 4.78 is 0. The molecule has 5 heteroatoms. The van der Waals surface area contributed by atoms with Crippen LogP contribution in [0.2, 0.25) is 0 Å². The van der Waals surface area contributed by atoms with E-state index in [4.69, 9.17) is 18.0 Å². The average Bonchev–Trinajstić information content (AvgIpc) is 2.24. The van der Waals surface area contributed by atoms with Crippen LogP contribution in [-0.4, -0.2) is 22.5 Å². The van der Waals surface area contributed by atoms with E-state index >= 15 is 0 Å². The first kappa shape index (κ1) is 13.4. The van der Waals surface area contributed by atoms with Gasteiger partial charge >= 0.3 is 0 Å². The molecule has 92 valence electrons. The SMILES string of the molecule is NC(=S)CCCNC(=O)Cc1cccc(O)c1. The van der Waals surface area contributed by atoms with Gasteiger partial charge in [0.25, 0.3) is 0 Å². The Kier molecular flexibility index (Phi) is 5.42. The molecular weight excluding hydrogens is 236 g/mol. The molecule has 4 N–H and O–H groups in total. The van der Waals surface area contributed by atoms with Gasteiger partial charge in [-0.15, -0.1) is 0 Å². The number of hydrogen-bond acceptors (Lipinski definition) is 3. The van der Waals surface area contributed by atoms with E-state index in [1.54, 1.807) is 24.3 Å². The highest BCUT2D eigenvalue weighted by Gasteiger charge is 2.03. The van der Waals surface area contributed by atoms with Crippen molar-refractivity contribution in [2.45, 2.75) is 19.3 Å². The summed E-state index contributed by atoms with van der Waals surface area (Å²) in [6.07, 6.45) is 1.66. The summed E-state index contributed by atoms with van der Waals surface area (Å²) >= 11 is 4.73. The Morgan fingerprint density at radius 2 is 2.24 bits per heavy atom. The predicted molar refractivity (Wildman–Crippen MR) is 70.8 cm³/mol. The third kappa shape index (κ3) is 5.87. The molecule has 0 saturated carbocycles. The van der Waals surface area contributed by atoms with Crippen LogP contribution in [0.15, 0.2) is 24.3 Å². The molecular formula is C12H16N2O2S. The number of hydrogen-bond donors (Lipinski definition) is 3. The van der Waals surface area contributed by atoms with Gasteiger partial charge in [-0.05, 0) is 30.5 Å². The number of phenols is 1. The summed E-state index contributed by atoms with van der Waals surface area (Å²) in [6, 6.07) is 6.66. The molecule has 0 bridgehead atoms. The van der Waals surface area contributed by atoms with Crippen molar-refractivity contribution in [3.05, 3.63) is 29.8 Å². The van der Waals surface area contributed by atoms with Gasteiger partial charge in [0.1, 0.15) is 5.75 Å². The number of aromatic hydroxyl groups is 1. The third-order valence-electron chi connectivity index (χ3n) is 2.20. The molecule has 1 amide bonds. The van der Waals surface area contributed by atoms with Gasteiger partial charge in [0.2, 0.25) is 5.91 Å². The van der Waals surface area contributed by atoms with Crippen molar-refractivity contribution >= 4 is 23.1 Å². The minimum absolute atomic E-state index is 0.0708. The fraction of sp³-hybridized carbons (Fsp3) is 0.333. The van der Waals surface area contributed by atoms with Gasteiger partial charge < -0.3 is 16.2 Å². The molecule has 0 aromatic heterocycles. The fourth-order valence-corrected chi connectivity index (χ4v) is 1.55. The van der Waals surface area contributed by atoms with Crippen LogP contribution in [0.5, 0.6) is 5.75 Å².